The number of ether oxygens (including phenoxy) is 2. The third-order valence-corrected chi connectivity index (χ3v) is 3.57. The van der Waals surface area contributed by atoms with E-state index in [1.165, 1.54) is 0 Å². The first kappa shape index (κ1) is 11.2. The maximum Gasteiger partial charge on any atom is 0.289 e. The van der Waals surface area contributed by atoms with Crippen molar-refractivity contribution >= 4 is 27.5 Å². The second kappa shape index (κ2) is 3.80. The number of rotatable bonds is 0. The summed E-state index contributed by atoms with van der Waals surface area (Å²) in [5, 5.41) is 2.80. The highest BCUT2D eigenvalue weighted by atomic mass is 79.9. The van der Waals surface area contributed by atoms with Crippen LogP contribution in [0, 0.1) is 0 Å². The van der Waals surface area contributed by atoms with E-state index in [-0.39, 0.29) is 12.0 Å². The molecule has 2 atom stereocenters. The number of halogens is 1. The molecule has 5 heteroatoms. The zero-order valence-corrected chi connectivity index (χ0v) is 10.9. The van der Waals surface area contributed by atoms with Crippen molar-refractivity contribution in [3.63, 3.8) is 0 Å². The number of anilines is 1. The summed E-state index contributed by atoms with van der Waals surface area (Å²) in [4.78, 5) is 12.1. The number of nitrogens with one attached hydrogen (secondary N) is 1. The minimum atomic E-state index is -1.25. The molecule has 90 valence electrons. The summed E-state index contributed by atoms with van der Waals surface area (Å²) < 4.78 is 12.3. The van der Waals surface area contributed by atoms with Crippen LogP contribution >= 0.6 is 15.9 Å². The molecule has 4 nitrogen and oxygen atoms in total. The molecule has 2 heterocycles. The lowest BCUT2D eigenvalue weighted by atomic mass is 10.1. The fraction of sp³-hybridized carbons (Fsp3) is 0.417. The molecule has 0 aromatic heterocycles. The number of amides is 1. The van der Waals surface area contributed by atoms with Crippen LogP contribution in [-0.4, -0.2) is 18.6 Å². The first-order valence-corrected chi connectivity index (χ1v) is 6.34. The third-order valence-electron chi connectivity index (χ3n) is 3.08. The van der Waals surface area contributed by atoms with Gasteiger partial charge < -0.3 is 14.8 Å². The lowest BCUT2D eigenvalue weighted by Gasteiger charge is -2.35. The summed E-state index contributed by atoms with van der Waals surface area (Å²) in [5.41, 5.74) is 1.51. The van der Waals surface area contributed by atoms with Gasteiger partial charge in [0.05, 0.1) is 18.4 Å². The Balaban J connectivity index is 2.11. The molecular weight excluding hydrogens is 286 g/mol. The predicted molar refractivity (Wildman–Crippen MR) is 65.6 cm³/mol. The molecule has 1 fully saturated rings. The van der Waals surface area contributed by atoms with Crippen molar-refractivity contribution in [2.75, 3.05) is 11.9 Å². The van der Waals surface area contributed by atoms with E-state index in [2.05, 4.69) is 21.2 Å². The van der Waals surface area contributed by atoms with Crippen LogP contribution in [-0.2, 0) is 20.1 Å². The first-order chi connectivity index (χ1) is 8.12. The monoisotopic (exact) mass is 297 g/mol. The van der Waals surface area contributed by atoms with E-state index in [0.29, 0.717) is 6.61 Å². The van der Waals surface area contributed by atoms with Crippen LogP contribution in [0.3, 0.4) is 0 Å². The van der Waals surface area contributed by atoms with Crippen LogP contribution in [0.5, 0.6) is 0 Å². The Bertz CT molecular complexity index is 491. The van der Waals surface area contributed by atoms with Gasteiger partial charge in [0.2, 0.25) is 0 Å². The van der Waals surface area contributed by atoms with E-state index in [1.54, 1.807) is 0 Å². The molecule has 1 saturated heterocycles. The lowest BCUT2D eigenvalue weighted by molar-refractivity contribution is -0.276. The van der Waals surface area contributed by atoms with E-state index in [9.17, 15) is 4.79 Å². The van der Waals surface area contributed by atoms with Crippen LogP contribution < -0.4 is 5.32 Å². The van der Waals surface area contributed by atoms with Crippen LogP contribution in [0.25, 0.3) is 0 Å². The van der Waals surface area contributed by atoms with Crippen LogP contribution in [0.1, 0.15) is 18.9 Å². The van der Waals surface area contributed by atoms with Crippen molar-refractivity contribution in [3.05, 3.63) is 28.2 Å². The molecule has 0 aliphatic carbocycles. The minimum Gasteiger partial charge on any atom is -0.338 e. The van der Waals surface area contributed by atoms with Crippen molar-refractivity contribution in [2.24, 2.45) is 0 Å². The maximum absolute atomic E-state index is 12.1. The Morgan fingerprint density at radius 3 is 3.12 bits per heavy atom. The number of fused-ring (bicyclic) bond motifs is 2. The summed E-state index contributed by atoms with van der Waals surface area (Å²) in [7, 11) is 0. The fourth-order valence-electron chi connectivity index (χ4n) is 2.23. The van der Waals surface area contributed by atoms with Gasteiger partial charge in [-0.3, -0.25) is 4.79 Å². The lowest BCUT2D eigenvalue weighted by Crippen LogP contribution is -2.46. The third kappa shape index (κ3) is 1.61. The minimum absolute atomic E-state index is 0.0134. The summed E-state index contributed by atoms with van der Waals surface area (Å²) in [5.74, 6) is -1.49. The molecule has 0 bridgehead atoms. The smallest absolute Gasteiger partial charge is 0.289 e. The van der Waals surface area contributed by atoms with Gasteiger partial charge in [-0.1, -0.05) is 15.9 Å². The summed E-state index contributed by atoms with van der Waals surface area (Å²) in [6.45, 7) is 2.48. The summed E-state index contributed by atoms with van der Waals surface area (Å²) >= 11 is 3.40. The van der Waals surface area contributed by atoms with E-state index >= 15 is 0 Å². The van der Waals surface area contributed by atoms with E-state index in [4.69, 9.17) is 9.47 Å². The van der Waals surface area contributed by atoms with Crippen LogP contribution in [0.15, 0.2) is 22.7 Å². The quantitative estimate of drug-likeness (QED) is 0.800. The van der Waals surface area contributed by atoms with Gasteiger partial charge >= 0.3 is 0 Å². The second-order valence-corrected chi connectivity index (χ2v) is 5.24. The molecule has 1 aromatic rings. The van der Waals surface area contributed by atoms with Gasteiger partial charge in [-0.2, -0.15) is 0 Å². The fourth-order valence-corrected chi connectivity index (χ4v) is 2.59. The Morgan fingerprint density at radius 2 is 2.35 bits per heavy atom. The normalized spacial score (nSPS) is 31.4. The van der Waals surface area contributed by atoms with Gasteiger partial charge in [-0.25, -0.2) is 0 Å². The summed E-state index contributed by atoms with van der Waals surface area (Å²) in [6, 6.07) is 5.59. The van der Waals surface area contributed by atoms with Gasteiger partial charge in [0.1, 0.15) is 0 Å². The van der Waals surface area contributed by atoms with E-state index < -0.39 is 5.79 Å². The van der Waals surface area contributed by atoms with Crippen LogP contribution in [0.2, 0.25) is 0 Å². The molecule has 3 rings (SSSR count). The van der Waals surface area contributed by atoms with Gasteiger partial charge in [-0.15, -0.1) is 0 Å². The van der Waals surface area contributed by atoms with Crippen LogP contribution in [0.4, 0.5) is 5.69 Å². The average Bonchev–Trinajstić information content (AvgIpc) is 2.53. The Hall–Kier alpha value is -0.910. The number of benzene rings is 1. The van der Waals surface area contributed by atoms with Crippen molar-refractivity contribution in [2.45, 2.75) is 25.2 Å². The van der Waals surface area contributed by atoms with Gasteiger partial charge in [0.15, 0.2) is 0 Å². The molecular formula is C12H12BrNO3. The Morgan fingerprint density at radius 1 is 1.53 bits per heavy atom. The highest BCUT2D eigenvalue weighted by molar-refractivity contribution is 9.10. The molecule has 17 heavy (non-hydrogen) atoms. The average molecular weight is 298 g/mol. The standard InChI is InChI=1S/C12H12BrNO3/c1-7-4-5-16-12(17-7)9-6-8(13)2-3-10(9)14-11(12)15/h2-3,6-7H,4-5H2,1H3,(H,14,15). The molecule has 1 N–H and O–H groups in total. The molecule has 2 aliphatic rings. The van der Waals surface area contributed by atoms with Crippen molar-refractivity contribution < 1.29 is 14.3 Å². The second-order valence-electron chi connectivity index (χ2n) is 4.33. The molecule has 1 aromatic carbocycles. The number of carbonyl (C=O) groups excluding carboxylic acids is 1. The van der Waals surface area contributed by atoms with E-state index in [1.807, 2.05) is 25.1 Å². The maximum atomic E-state index is 12.1. The highest BCUT2D eigenvalue weighted by Gasteiger charge is 2.52. The Kier molecular flexibility index (Phi) is 2.50. The van der Waals surface area contributed by atoms with Gasteiger partial charge in [0.25, 0.3) is 11.7 Å². The number of hydrogen-bond donors (Lipinski definition) is 1. The molecule has 0 saturated carbocycles. The summed E-state index contributed by atoms with van der Waals surface area (Å²) in [6.07, 6.45) is 0.817. The molecule has 1 spiro atoms. The number of hydrogen-bond acceptors (Lipinski definition) is 3. The molecule has 2 unspecified atom stereocenters. The topological polar surface area (TPSA) is 47.6 Å². The van der Waals surface area contributed by atoms with E-state index in [0.717, 1.165) is 22.1 Å². The zero-order chi connectivity index (χ0) is 12.0. The molecule has 2 aliphatic heterocycles. The predicted octanol–water partition coefficient (Wildman–Crippen LogP) is 2.38. The zero-order valence-electron chi connectivity index (χ0n) is 9.33. The number of carbonyl (C=O) groups is 1. The Labute approximate surface area is 107 Å². The SMILES string of the molecule is CC1CCOC2(O1)C(=O)Nc1ccc(Br)cc12. The van der Waals surface area contributed by atoms with Crippen molar-refractivity contribution in [1.82, 2.24) is 0 Å². The van der Waals surface area contributed by atoms with Gasteiger partial charge in [-0.05, 0) is 31.5 Å². The van der Waals surface area contributed by atoms with Crippen molar-refractivity contribution in [3.8, 4) is 0 Å². The largest absolute Gasteiger partial charge is 0.338 e. The first-order valence-electron chi connectivity index (χ1n) is 5.55. The van der Waals surface area contributed by atoms with Gasteiger partial charge in [0, 0.05) is 10.0 Å². The molecule has 1 amide bonds. The van der Waals surface area contributed by atoms with Crippen molar-refractivity contribution in [1.29, 1.82) is 0 Å². The molecule has 0 radical (unpaired) electrons. The highest BCUT2D eigenvalue weighted by Crippen LogP contribution is 2.43.